The maximum absolute atomic E-state index is 12.2. The summed E-state index contributed by atoms with van der Waals surface area (Å²) in [6.07, 6.45) is 1.58. The van der Waals surface area contributed by atoms with Gasteiger partial charge in [0.15, 0.2) is 11.3 Å². The molecule has 0 aromatic carbocycles. The maximum atomic E-state index is 12.2. The molecule has 0 aliphatic heterocycles. The van der Waals surface area contributed by atoms with Gasteiger partial charge in [-0.25, -0.2) is 9.97 Å². The van der Waals surface area contributed by atoms with E-state index in [1.165, 1.54) is 4.57 Å². The van der Waals surface area contributed by atoms with Crippen LogP contribution >= 0.6 is 11.3 Å². The van der Waals surface area contributed by atoms with Crippen molar-refractivity contribution >= 4 is 28.4 Å². The van der Waals surface area contributed by atoms with E-state index < -0.39 is 11.5 Å². The summed E-state index contributed by atoms with van der Waals surface area (Å²) in [6, 6.07) is 7.26. The molecule has 0 fully saturated rings. The van der Waals surface area contributed by atoms with Gasteiger partial charge in [0.2, 0.25) is 0 Å². The molecule has 0 radical (unpaired) electrons. The summed E-state index contributed by atoms with van der Waals surface area (Å²) in [5.74, 6) is -0.477. The molecule has 3 aromatic rings. The second kappa shape index (κ2) is 5.45. The molecule has 0 saturated heterocycles. The minimum atomic E-state index is -0.477. The fourth-order valence-electron chi connectivity index (χ4n) is 1.97. The molecular formula is C14H12N4O2S. The lowest BCUT2D eigenvalue weighted by Gasteiger charge is -2.07. The molecule has 106 valence electrons. The van der Waals surface area contributed by atoms with E-state index in [4.69, 9.17) is 0 Å². The summed E-state index contributed by atoms with van der Waals surface area (Å²) >= 11 is 1.54. The van der Waals surface area contributed by atoms with Gasteiger partial charge in [-0.1, -0.05) is 6.07 Å². The Hall–Kier alpha value is -2.54. The Labute approximate surface area is 124 Å². The predicted octanol–water partition coefficient (Wildman–Crippen LogP) is 1.32. The standard InChI is InChI=1S/C14H12N4O2S/c1-18-12-10(5-2-6-15-12)17-11(14(18)20)13(19)16-8-9-4-3-7-21-9/h2-7H,8H2,1H3,(H,16,19). The minimum absolute atomic E-state index is 0.116. The first-order valence-electron chi connectivity index (χ1n) is 6.29. The molecule has 0 aliphatic carbocycles. The number of thiophene rings is 1. The smallest absolute Gasteiger partial charge is 0.283 e. The Kier molecular flexibility index (Phi) is 3.49. The first-order valence-corrected chi connectivity index (χ1v) is 7.17. The van der Waals surface area contributed by atoms with Crippen molar-refractivity contribution in [2.45, 2.75) is 6.54 Å². The zero-order valence-corrected chi connectivity index (χ0v) is 12.1. The van der Waals surface area contributed by atoms with Crippen LogP contribution in [-0.4, -0.2) is 20.4 Å². The maximum Gasteiger partial charge on any atom is 0.283 e. The van der Waals surface area contributed by atoms with E-state index in [2.05, 4.69) is 15.3 Å². The highest BCUT2D eigenvalue weighted by atomic mass is 32.1. The zero-order chi connectivity index (χ0) is 14.8. The van der Waals surface area contributed by atoms with Crippen LogP contribution in [0.2, 0.25) is 0 Å². The normalized spacial score (nSPS) is 10.7. The van der Waals surface area contributed by atoms with Gasteiger partial charge in [-0.05, 0) is 23.6 Å². The zero-order valence-electron chi connectivity index (χ0n) is 11.2. The number of nitrogens with one attached hydrogen (secondary N) is 1. The number of fused-ring (bicyclic) bond motifs is 1. The Balaban J connectivity index is 1.94. The highest BCUT2D eigenvalue weighted by Crippen LogP contribution is 2.08. The lowest BCUT2D eigenvalue weighted by molar-refractivity contribution is 0.0944. The van der Waals surface area contributed by atoms with E-state index in [1.54, 1.807) is 36.7 Å². The highest BCUT2D eigenvalue weighted by molar-refractivity contribution is 7.09. The van der Waals surface area contributed by atoms with Crippen LogP contribution in [-0.2, 0) is 13.6 Å². The van der Waals surface area contributed by atoms with Crippen LogP contribution in [0.3, 0.4) is 0 Å². The molecule has 3 rings (SSSR count). The van der Waals surface area contributed by atoms with Crippen molar-refractivity contribution in [2.75, 3.05) is 0 Å². The van der Waals surface area contributed by atoms with Crippen LogP contribution < -0.4 is 10.9 Å². The van der Waals surface area contributed by atoms with Gasteiger partial charge in [-0.2, -0.15) is 0 Å². The molecule has 3 aromatic heterocycles. The number of hydrogen-bond acceptors (Lipinski definition) is 5. The molecule has 3 heterocycles. The van der Waals surface area contributed by atoms with Gasteiger partial charge in [0.05, 0.1) is 6.54 Å². The average molecular weight is 300 g/mol. The molecule has 0 atom stereocenters. The van der Waals surface area contributed by atoms with Gasteiger partial charge in [0.25, 0.3) is 11.5 Å². The monoisotopic (exact) mass is 300 g/mol. The summed E-state index contributed by atoms with van der Waals surface area (Å²) in [5, 5.41) is 4.64. The van der Waals surface area contributed by atoms with Gasteiger partial charge >= 0.3 is 0 Å². The molecule has 0 spiro atoms. The fourth-order valence-corrected chi connectivity index (χ4v) is 2.61. The van der Waals surface area contributed by atoms with Gasteiger partial charge in [-0.3, -0.25) is 14.2 Å². The minimum Gasteiger partial charge on any atom is -0.346 e. The number of aromatic nitrogens is 3. The molecule has 1 N–H and O–H groups in total. The van der Waals surface area contributed by atoms with Crippen LogP contribution in [0, 0.1) is 0 Å². The van der Waals surface area contributed by atoms with Gasteiger partial charge in [0.1, 0.15) is 5.52 Å². The summed E-state index contributed by atoms with van der Waals surface area (Å²) in [5.41, 5.74) is 0.401. The van der Waals surface area contributed by atoms with Crippen LogP contribution in [0.25, 0.3) is 11.2 Å². The molecule has 0 bridgehead atoms. The number of nitrogens with zero attached hydrogens (tertiary/aromatic N) is 3. The number of pyridine rings is 1. The van der Waals surface area contributed by atoms with E-state index in [-0.39, 0.29) is 5.69 Å². The van der Waals surface area contributed by atoms with E-state index in [9.17, 15) is 9.59 Å². The van der Waals surface area contributed by atoms with Crippen molar-refractivity contribution in [1.82, 2.24) is 19.9 Å². The van der Waals surface area contributed by atoms with Crippen LogP contribution in [0.4, 0.5) is 0 Å². The summed E-state index contributed by atoms with van der Waals surface area (Å²) in [7, 11) is 1.58. The summed E-state index contributed by atoms with van der Waals surface area (Å²) in [6.45, 7) is 0.381. The van der Waals surface area contributed by atoms with Gasteiger partial charge in [0, 0.05) is 18.1 Å². The SMILES string of the molecule is Cn1c(=O)c(C(=O)NCc2cccs2)nc2cccnc21. The van der Waals surface area contributed by atoms with E-state index >= 15 is 0 Å². The van der Waals surface area contributed by atoms with Crippen molar-refractivity contribution < 1.29 is 4.79 Å². The van der Waals surface area contributed by atoms with E-state index in [1.807, 2.05) is 17.5 Å². The lowest BCUT2D eigenvalue weighted by Crippen LogP contribution is -2.33. The molecule has 0 saturated carbocycles. The third-order valence-electron chi connectivity index (χ3n) is 3.04. The second-order valence-corrected chi connectivity index (χ2v) is 5.47. The Morgan fingerprint density at radius 3 is 3.00 bits per heavy atom. The number of hydrogen-bond donors (Lipinski definition) is 1. The quantitative estimate of drug-likeness (QED) is 0.791. The van der Waals surface area contributed by atoms with E-state index in [0.717, 1.165) is 4.88 Å². The molecule has 21 heavy (non-hydrogen) atoms. The van der Waals surface area contributed by atoms with Gasteiger partial charge < -0.3 is 5.32 Å². The van der Waals surface area contributed by atoms with Crippen LogP contribution in [0.1, 0.15) is 15.4 Å². The molecule has 0 unspecified atom stereocenters. The van der Waals surface area contributed by atoms with Crippen LogP contribution in [0.15, 0.2) is 40.6 Å². The fraction of sp³-hybridized carbons (Fsp3) is 0.143. The van der Waals surface area contributed by atoms with Gasteiger partial charge in [-0.15, -0.1) is 11.3 Å². The third-order valence-corrected chi connectivity index (χ3v) is 3.92. The lowest BCUT2D eigenvalue weighted by atomic mass is 10.3. The first kappa shape index (κ1) is 13.4. The summed E-state index contributed by atoms with van der Waals surface area (Å²) < 4.78 is 1.34. The Morgan fingerprint density at radius 1 is 1.38 bits per heavy atom. The molecule has 7 heteroatoms. The third kappa shape index (κ3) is 2.55. The van der Waals surface area contributed by atoms with Crippen molar-refractivity contribution in [1.29, 1.82) is 0 Å². The molecule has 1 amide bonds. The Bertz CT molecular complexity index is 855. The van der Waals surface area contributed by atoms with Crippen molar-refractivity contribution in [3.63, 3.8) is 0 Å². The number of carbonyl (C=O) groups is 1. The largest absolute Gasteiger partial charge is 0.346 e. The first-order chi connectivity index (χ1) is 10.2. The average Bonchev–Trinajstić information content (AvgIpc) is 3.02. The number of aryl methyl sites for hydroxylation is 1. The topological polar surface area (TPSA) is 76.9 Å². The van der Waals surface area contributed by atoms with Crippen LogP contribution in [0.5, 0.6) is 0 Å². The number of rotatable bonds is 3. The predicted molar refractivity (Wildman–Crippen MR) is 80.3 cm³/mol. The highest BCUT2D eigenvalue weighted by Gasteiger charge is 2.16. The second-order valence-electron chi connectivity index (χ2n) is 4.43. The molecule has 6 nitrogen and oxygen atoms in total. The van der Waals surface area contributed by atoms with E-state index in [0.29, 0.717) is 17.7 Å². The van der Waals surface area contributed by atoms with Crippen molar-refractivity contribution in [3.8, 4) is 0 Å². The van der Waals surface area contributed by atoms with Crippen molar-refractivity contribution in [2.24, 2.45) is 7.05 Å². The number of amides is 1. The summed E-state index contributed by atoms with van der Waals surface area (Å²) in [4.78, 5) is 33.6. The molecular weight excluding hydrogens is 288 g/mol. The number of carbonyl (C=O) groups excluding carboxylic acids is 1. The van der Waals surface area contributed by atoms with Crippen molar-refractivity contribution in [3.05, 3.63) is 56.8 Å². The Morgan fingerprint density at radius 2 is 2.24 bits per heavy atom. The molecule has 0 aliphatic rings.